The second-order valence-electron chi connectivity index (χ2n) is 5.45. The Hall–Kier alpha value is -0.940. The van der Waals surface area contributed by atoms with Crippen LogP contribution in [0.1, 0.15) is 38.4 Å². The van der Waals surface area contributed by atoms with E-state index in [4.69, 9.17) is 0 Å². The fourth-order valence-corrected chi connectivity index (χ4v) is 2.83. The lowest BCUT2D eigenvalue weighted by Gasteiger charge is -2.25. The van der Waals surface area contributed by atoms with Crippen molar-refractivity contribution in [2.75, 3.05) is 13.1 Å². The lowest BCUT2D eigenvalue weighted by atomic mass is 10.2. The largest absolute Gasteiger partial charge is 0.313 e. The second-order valence-corrected chi connectivity index (χ2v) is 5.45. The summed E-state index contributed by atoms with van der Waals surface area (Å²) in [5.41, 5.74) is 0. The van der Waals surface area contributed by atoms with Crippen molar-refractivity contribution in [3.05, 3.63) is 12.2 Å². The smallest absolute Gasteiger partial charge is 0.141 e. The number of hydrogen-bond donors (Lipinski definition) is 1. The van der Waals surface area contributed by atoms with E-state index in [-0.39, 0.29) is 0 Å². The van der Waals surface area contributed by atoms with Crippen molar-refractivity contribution in [1.82, 2.24) is 25.0 Å². The molecule has 18 heavy (non-hydrogen) atoms. The van der Waals surface area contributed by atoms with Gasteiger partial charge < -0.3 is 5.32 Å². The van der Waals surface area contributed by atoms with Crippen molar-refractivity contribution < 1.29 is 0 Å². The van der Waals surface area contributed by atoms with Crippen molar-refractivity contribution >= 4 is 0 Å². The Kier molecular flexibility index (Phi) is 3.61. The van der Waals surface area contributed by atoms with Gasteiger partial charge in [0, 0.05) is 25.2 Å². The monoisotopic (exact) mass is 249 g/mol. The van der Waals surface area contributed by atoms with Crippen LogP contribution < -0.4 is 5.32 Å². The van der Waals surface area contributed by atoms with Crippen molar-refractivity contribution in [3.8, 4) is 0 Å². The number of aryl methyl sites for hydroxylation is 1. The Labute approximate surface area is 109 Å². The molecule has 2 fully saturated rings. The van der Waals surface area contributed by atoms with Gasteiger partial charge in [-0.2, -0.15) is 5.10 Å². The third kappa shape index (κ3) is 2.72. The quantitative estimate of drug-likeness (QED) is 0.817. The van der Waals surface area contributed by atoms with Gasteiger partial charge in [-0.25, -0.2) is 9.67 Å². The summed E-state index contributed by atoms with van der Waals surface area (Å²) >= 11 is 0. The molecule has 1 unspecified atom stereocenters. The first kappa shape index (κ1) is 12.1. The van der Waals surface area contributed by atoms with Crippen molar-refractivity contribution in [2.24, 2.45) is 0 Å². The van der Waals surface area contributed by atoms with Gasteiger partial charge in [0.25, 0.3) is 0 Å². The van der Waals surface area contributed by atoms with Gasteiger partial charge in [0.1, 0.15) is 12.2 Å². The molecule has 2 heterocycles. The van der Waals surface area contributed by atoms with E-state index in [1.54, 1.807) is 6.33 Å². The summed E-state index contributed by atoms with van der Waals surface area (Å²) in [5, 5.41) is 7.86. The van der Waals surface area contributed by atoms with E-state index in [2.05, 4.69) is 27.2 Å². The molecule has 1 aromatic rings. The summed E-state index contributed by atoms with van der Waals surface area (Å²) < 4.78 is 2.01. The van der Waals surface area contributed by atoms with Crippen LogP contribution in [0, 0.1) is 0 Å². The Morgan fingerprint density at radius 2 is 2.33 bits per heavy atom. The van der Waals surface area contributed by atoms with E-state index < -0.39 is 0 Å². The Bertz CT molecular complexity index is 378. The maximum Gasteiger partial charge on any atom is 0.141 e. The van der Waals surface area contributed by atoms with Crippen molar-refractivity contribution in [2.45, 2.75) is 57.8 Å². The van der Waals surface area contributed by atoms with Gasteiger partial charge in [-0.15, -0.1) is 0 Å². The summed E-state index contributed by atoms with van der Waals surface area (Å²) in [7, 11) is 0. The third-order valence-corrected chi connectivity index (χ3v) is 4.02. The van der Waals surface area contributed by atoms with E-state index >= 15 is 0 Å². The van der Waals surface area contributed by atoms with Crippen molar-refractivity contribution in [1.29, 1.82) is 0 Å². The Morgan fingerprint density at radius 3 is 3.00 bits per heavy atom. The third-order valence-electron chi connectivity index (χ3n) is 4.02. The average Bonchev–Trinajstić information content (AvgIpc) is 2.92. The highest BCUT2D eigenvalue weighted by Gasteiger charge is 2.32. The van der Waals surface area contributed by atoms with E-state index in [1.165, 1.54) is 38.8 Å². The lowest BCUT2D eigenvalue weighted by Crippen LogP contribution is -2.39. The molecule has 1 aliphatic heterocycles. The summed E-state index contributed by atoms with van der Waals surface area (Å²) in [5.74, 6) is 1.11. The minimum atomic E-state index is 0.684. The highest BCUT2D eigenvalue weighted by Crippen LogP contribution is 2.28. The second kappa shape index (κ2) is 5.36. The number of nitrogens with zero attached hydrogens (tertiary/aromatic N) is 4. The molecule has 0 amide bonds. The first-order valence-electron chi connectivity index (χ1n) is 7.21. The topological polar surface area (TPSA) is 46.0 Å². The summed E-state index contributed by atoms with van der Waals surface area (Å²) in [6.07, 6.45) is 7.04. The number of hydrogen-bond acceptors (Lipinski definition) is 4. The van der Waals surface area contributed by atoms with Gasteiger partial charge in [0.15, 0.2) is 0 Å². The van der Waals surface area contributed by atoms with Crippen LogP contribution in [0.15, 0.2) is 6.33 Å². The van der Waals surface area contributed by atoms with Crippen LogP contribution in [0.5, 0.6) is 0 Å². The first-order valence-corrected chi connectivity index (χ1v) is 7.21. The van der Waals surface area contributed by atoms with E-state index in [0.717, 1.165) is 25.0 Å². The number of aromatic nitrogens is 3. The van der Waals surface area contributed by atoms with Gasteiger partial charge in [-0.05, 0) is 39.2 Å². The molecule has 1 N–H and O–H groups in total. The molecule has 1 atom stereocenters. The summed E-state index contributed by atoms with van der Waals surface area (Å²) in [4.78, 5) is 7.00. The molecule has 0 radical (unpaired) electrons. The molecule has 1 aromatic heterocycles. The molecule has 0 spiro atoms. The van der Waals surface area contributed by atoms with Gasteiger partial charge in [-0.1, -0.05) is 0 Å². The average molecular weight is 249 g/mol. The van der Waals surface area contributed by atoms with Crippen LogP contribution in [0.4, 0.5) is 0 Å². The molecular weight excluding hydrogens is 226 g/mol. The molecule has 0 aromatic carbocycles. The van der Waals surface area contributed by atoms with E-state index in [9.17, 15) is 0 Å². The fourth-order valence-electron chi connectivity index (χ4n) is 2.83. The van der Waals surface area contributed by atoms with Gasteiger partial charge in [0.05, 0.1) is 6.54 Å². The Morgan fingerprint density at radius 1 is 1.44 bits per heavy atom. The van der Waals surface area contributed by atoms with E-state index in [0.29, 0.717) is 6.04 Å². The molecule has 2 aliphatic rings. The van der Waals surface area contributed by atoms with Crippen molar-refractivity contribution in [3.63, 3.8) is 0 Å². The highest BCUT2D eigenvalue weighted by molar-refractivity contribution is 4.93. The van der Waals surface area contributed by atoms with Crippen LogP contribution in [0.3, 0.4) is 0 Å². The number of rotatable bonds is 6. The minimum absolute atomic E-state index is 0.684. The van der Waals surface area contributed by atoms with Crippen LogP contribution in [-0.2, 0) is 13.1 Å². The van der Waals surface area contributed by atoms with E-state index in [1.807, 2.05) is 4.68 Å². The normalized spacial score (nSPS) is 24.0. The van der Waals surface area contributed by atoms with Crippen LogP contribution in [0.25, 0.3) is 0 Å². The molecule has 1 saturated carbocycles. The summed E-state index contributed by atoms with van der Waals surface area (Å²) in [6, 6.07) is 1.47. The molecule has 3 rings (SSSR count). The SMILES string of the molecule is CCn1ncnc1CN(CC1CCCN1)C1CC1. The van der Waals surface area contributed by atoms with Gasteiger partial charge >= 0.3 is 0 Å². The van der Waals surface area contributed by atoms with Crippen LogP contribution in [-0.4, -0.2) is 44.8 Å². The summed E-state index contributed by atoms with van der Waals surface area (Å²) in [6.45, 7) is 6.35. The zero-order chi connectivity index (χ0) is 12.4. The molecule has 1 saturated heterocycles. The molecule has 5 nitrogen and oxygen atoms in total. The zero-order valence-electron chi connectivity index (χ0n) is 11.2. The maximum absolute atomic E-state index is 4.40. The molecule has 5 heteroatoms. The number of nitrogens with one attached hydrogen (secondary N) is 1. The lowest BCUT2D eigenvalue weighted by molar-refractivity contribution is 0.222. The fraction of sp³-hybridized carbons (Fsp3) is 0.846. The molecule has 1 aliphatic carbocycles. The predicted octanol–water partition coefficient (Wildman–Crippen LogP) is 1.01. The molecular formula is C13H23N5. The van der Waals surface area contributed by atoms with Crippen LogP contribution in [0.2, 0.25) is 0 Å². The Balaban J connectivity index is 1.62. The minimum Gasteiger partial charge on any atom is -0.313 e. The van der Waals surface area contributed by atoms with Crippen LogP contribution >= 0.6 is 0 Å². The van der Waals surface area contributed by atoms with Gasteiger partial charge in [-0.3, -0.25) is 4.90 Å². The first-order chi connectivity index (χ1) is 8.86. The molecule has 0 bridgehead atoms. The van der Waals surface area contributed by atoms with Gasteiger partial charge in [0.2, 0.25) is 0 Å². The predicted molar refractivity (Wildman–Crippen MR) is 70.2 cm³/mol. The maximum atomic E-state index is 4.40. The highest BCUT2D eigenvalue weighted by atomic mass is 15.4. The molecule has 100 valence electrons. The standard InChI is InChI=1S/C13H23N5/c1-2-18-13(15-10-16-18)9-17(12-5-6-12)8-11-4-3-7-14-11/h10-12,14H,2-9H2,1H3. The zero-order valence-corrected chi connectivity index (χ0v) is 11.2.